The Balaban J connectivity index is 1.58. The van der Waals surface area contributed by atoms with Crippen LogP contribution in [-0.2, 0) is 23.0 Å². The summed E-state index contributed by atoms with van der Waals surface area (Å²) in [6.07, 6.45) is 3.65. The zero-order valence-electron chi connectivity index (χ0n) is 19.0. The largest absolute Gasteiger partial charge is 0.744 e. The Bertz CT molecular complexity index is 1220. The summed E-state index contributed by atoms with van der Waals surface area (Å²) in [5, 5.41) is 1.04. The van der Waals surface area contributed by atoms with Crippen molar-refractivity contribution in [2.24, 2.45) is 0 Å². The predicted molar refractivity (Wildman–Crippen MR) is 124 cm³/mol. The SMILES string of the molecule is COc1cccc2c1CCC[C@H]2C[N+](C)(CCc1ccc2oc(C)cc2c1)CS(=O)(=O)[O-]. The van der Waals surface area contributed by atoms with E-state index in [1.807, 2.05) is 44.3 Å². The van der Waals surface area contributed by atoms with Gasteiger partial charge in [0.25, 0.3) is 0 Å². The molecular formula is C25H31NO5S. The second-order valence-electron chi connectivity index (χ2n) is 9.31. The summed E-state index contributed by atoms with van der Waals surface area (Å²) in [7, 11) is -0.800. The number of nitrogens with zero attached hydrogens (tertiary/aromatic N) is 1. The van der Waals surface area contributed by atoms with Crippen LogP contribution in [-0.4, -0.2) is 50.6 Å². The number of aryl methyl sites for hydroxylation is 1. The van der Waals surface area contributed by atoms with E-state index in [-0.39, 0.29) is 10.4 Å². The summed E-state index contributed by atoms with van der Waals surface area (Å²) >= 11 is 0. The Kier molecular flexibility index (Phi) is 6.34. The topological polar surface area (TPSA) is 79.6 Å². The maximum absolute atomic E-state index is 11.8. The van der Waals surface area contributed by atoms with Gasteiger partial charge in [-0.2, -0.15) is 0 Å². The molecule has 1 aromatic heterocycles. The first-order valence-electron chi connectivity index (χ1n) is 11.1. The first-order chi connectivity index (χ1) is 15.2. The van der Waals surface area contributed by atoms with Gasteiger partial charge in [-0.1, -0.05) is 18.2 Å². The normalized spacial score (nSPS) is 18.3. The van der Waals surface area contributed by atoms with Crippen molar-refractivity contribution in [3.05, 3.63) is 64.9 Å². The third kappa shape index (κ3) is 5.17. The van der Waals surface area contributed by atoms with Crippen LogP contribution in [0, 0.1) is 6.92 Å². The van der Waals surface area contributed by atoms with Crippen LogP contribution in [0.4, 0.5) is 0 Å². The Morgan fingerprint density at radius 1 is 1.22 bits per heavy atom. The molecule has 7 heteroatoms. The fraction of sp³-hybridized carbons (Fsp3) is 0.440. The Morgan fingerprint density at radius 3 is 2.78 bits per heavy atom. The van der Waals surface area contributed by atoms with E-state index in [0.29, 0.717) is 19.5 Å². The minimum absolute atomic E-state index is 0.190. The number of rotatable bonds is 8. The number of hydrogen-bond acceptors (Lipinski definition) is 5. The van der Waals surface area contributed by atoms with Crippen molar-refractivity contribution in [1.29, 1.82) is 0 Å². The number of furan rings is 1. The van der Waals surface area contributed by atoms with Crippen molar-refractivity contribution in [3.63, 3.8) is 0 Å². The second-order valence-corrected chi connectivity index (χ2v) is 10.7. The third-order valence-electron chi connectivity index (χ3n) is 6.58. The van der Waals surface area contributed by atoms with Crippen molar-refractivity contribution in [2.45, 2.75) is 38.5 Å². The molecule has 0 saturated carbocycles. The standard InChI is InChI=1S/C25H31NO5S/c1-18-14-21-15-19(10-11-24(21)31-18)12-13-26(2,17-32(27,28)29)16-20-6-4-8-23-22(20)7-5-9-25(23)30-3/h5,7,9-11,14-15,20H,4,6,8,12-13,16-17H2,1-3H3/t20-,26?/m0/s1. The molecule has 3 aromatic rings. The van der Waals surface area contributed by atoms with Gasteiger partial charge >= 0.3 is 0 Å². The average Bonchev–Trinajstić information content (AvgIpc) is 3.10. The summed E-state index contributed by atoms with van der Waals surface area (Å²) in [6.45, 7) is 3.10. The van der Waals surface area contributed by atoms with E-state index >= 15 is 0 Å². The van der Waals surface area contributed by atoms with Gasteiger partial charge in [-0.15, -0.1) is 0 Å². The van der Waals surface area contributed by atoms with Crippen LogP contribution in [0.15, 0.2) is 46.9 Å². The van der Waals surface area contributed by atoms with Gasteiger partial charge in [0.05, 0.1) is 27.2 Å². The molecule has 1 aliphatic rings. The molecule has 0 aliphatic heterocycles. The summed E-state index contributed by atoms with van der Waals surface area (Å²) in [6, 6.07) is 14.1. The summed E-state index contributed by atoms with van der Waals surface area (Å²) in [5.74, 6) is 1.54. The molecule has 2 atom stereocenters. The van der Waals surface area contributed by atoms with Gasteiger partial charge in [0.15, 0.2) is 5.88 Å². The molecule has 4 rings (SSSR count). The zero-order valence-corrected chi connectivity index (χ0v) is 19.8. The van der Waals surface area contributed by atoms with E-state index in [1.165, 1.54) is 11.1 Å². The van der Waals surface area contributed by atoms with Crippen molar-refractivity contribution in [1.82, 2.24) is 0 Å². The quantitative estimate of drug-likeness (QED) is 0.371. The van der Waals surface area contributed by atoms with E-state index in [2.05, 4.69) is 12.1 Å². The maximum Gasteiger partial charge on any atom is 0.169 e. The lowest BCUT2D eigenvalue weighted by Crippen LogP contribution is -2.51. The van der Waals surface area contributed by atoms with Crippen LogP contribution >= 0.6 is 0 Å². The van der Waals surface area contributed by atoms with Gasteiger partial charge in [0.2, 0.25) is 0 Å². The summed E-state index contributed by atoms with van der Waals surface area (Å²) in [5.41, 5.74) is 4.39. The number of benzene rings is 2. The molecule has 172 valence electrons. The Hall–Kier alpha value is -2.35. The minimum Gasteiger partial charge on any atom is -0.744 e. The lowest BCUT2D eigenvalue weighted by atomic mass is 9.81. The van der Waals surface area contributed by atoms with E-state index in [9.17, 15) is 13.0 Å². The molecule has 0 amide bonds. The number of fused-ring (bicyclic) bond motifs is 2. The molecule has 0 bridgehead atoms. The zero-order chi connectivity index (χ0) is 22.9. The highest BCUT2D eigenvalue weighted by Crippen LogP contribution is 2.38. The van der Waals surface area contributed by atoms with Crippen LogP contribution < -0.4 is 4.74 Å². The molecule has 0 radical (unpaired) electrons. The van der Waals surface area contributed by atoms with Crippen molar-refractivity contribution in [2.75, 3.05) is 33.1 Å². The average molecular weight is 458 g/mol. The number of quaternary nitrogens is 1. The van der Waals surface area contributed by atoms with Crippen LogP contribution in [0.1, 0.15) is 41.2 Å². The summed E-state index contributed by atoms with van der Waals surface area (Å²) in [4.78, 5) is 0. The monoisotopic (exact) mass is 457 g/mol. The highest BCUT2D eigenvalue weighted by molar-refractivity contribution is 7.85. The van der Waals surface area contributed by atoms with Gasteiger partial charge in [-0.3, -0.25) is 0 Å². The fourth-order valence-corrected chi connectivity index (χ4v) is 6.19. The van der Waals surface area contributed by atoms with Gasteiger partial charge < -0.3 is 18.2 Å². The van der Waals surface area contributed by atoms with E-state index in [1.54, 1.807) is 7.11 Å². The van der Waals surface area contributed by atoms with Gasteiger partial charge in [-0.05, 0) is 67.1 Å². The highest BCUT2D eigenvalue weighted by atomic mass is 32.2. The van der Waals surface area contributed by atoms with Crippen molar-refractivity contribution < 1.29 is 26.6 Å². The molecule has 6 nitrogen and oxygen atoms in total. The van der Waals surface area contributed by atoms with E-state index < -0.39 is 16.0 Å². The molecule has 32 heavy (non-hydrogen) atoms. The Labute approximate surface area is 190 Å². The molecule has 0 N–H and O–H groups in total. The smallest absolute Gasteiger partial charge is 0.169 e. The van der Waals surface area contributed by atoms with Gasteiger partial charge in [0.1, 0.15) is 27.2 Å². The van der Waals surface area contributed by atoms with Gasteiger partial charge in [-0.25, -0.2) is 8.42 Å². The van der Waals surface area contributed by atoms with Gasteiger partial charge in [0, 0.05) is 17.7 Å². The van der Waals surface area contributed by atoms with E-state index in [4.69, 9.17) is 9.15 Å². The van der Waals surface area contributed by atoms with Crippen LogP contribution in [0.2, 0.25) is 0 Å². The first kappa shape index (κ1) is 22.8. The number of methoxy groups -OCH3 is 1. The van der Waals surface area contributed by atoms with E-state index in [0.717, 1.165) is 47.3 Å². The highest BCUT2D eigenvalue weighted by Gasteiger charge is 2.32. The Morgan fingerprint density at radius 2 is 2.03 bits per heavy atom. The fourth-order valence-electron chi connectivity index (χ4n) is 5.20. The van der Waals surface area contributed by atoms with Crippen LogP contribution in [0.25, 0.3) is 11.0 Å². The molecule has 1 heterocycles. The summed E-state index contributed by atoms with van der Waals surface area (Å²) < 4.78 is 46.9. The number of likely N-dealkylation sites (N-methyl/N-ethyl adjacent to an activating group) is 1. The number of hydrogen-bond donors (Lipinski definition) is 0. The van der Waals surface area contributed by atoms with Crippen LogP contribution in [0.3, 0.4) is 0 Å². The predicted octanol–water partition coefficient (Wildman–Crippen LogP) is 4.36. The maximum atomic E-state index is 11.8. The molecule has 0 saturated heterocycles. The lowest BCUT2D eigenvalue weighted by Gasteiger charge is -2.39. The molecule has 1 unspecified atom stereocenters. The first-order valence-corrected chi connectivity index (χ1v) is 12.7. The second kappa shape index (κ2) is 8.89. The molecular weight excluding hydrogens is 426 g/mol. The van der Waals surface area contributed by atoms with Crippen LogP contribution in [0.5, 0.6) is 5.75 Å². The lowest BCUT2D eigenvalue weighted by molar-refractivity contribution is -0.899. The molecule has 2 aromatic carbocycles. The molecule has 1 aliphatic carbocycles. The molecule has 0 fully saturated rings. The third-order valence-corrected chi connectivity index (χ3v) is 7.52. The van der Waals surface area contributed by atoms with Crippen molar-refractivity contribution in [3.8, 4) is 5.75 Å². The van der Waals surface area contributed by atoms with Crippen molar-refractivity contribution >= 4 is 21.1 Å². The minimum atomic E-state index is -4.38. The number of ether oxygens (including phenoxy) is 1. The molecule has 0 spiro atoms.